The predicted molar refractivity (Wildman–Crippen MR) is 106 cm³/mol. The number of anilines is 1. The van der Waals surface area contributed by atoms with Crippen LogP contribution in [0.2, 0.25) is 0 Å². The van der Waals surface area contributed by atoms with Gasteiger partial charge in [0.25, 0.3) is 0 Å². The fraction of sp³-hybridized carbons (Fsp3) is 0.429. The van der Waals surface area contributed by atoms with E-state index in [0.717, 1.165) is 11.3 Å². The molecule has 7 rings (SSSR count). The zero-order chi connectivity index (χ0) is 21.3. The highest BCUT2D eigenvalue weighted by molar-refractivity contribution is 6.09. The lowest BCUT2D eigenvalue weighted by Gasteiger charge is -2.37. The van der Waals surface area contributed by atoms with Crippen LogP contribution >= 0.6 is 0 Å². The molecule has 3 fully saturated rings. The molecule has 0 unspecified atom stereocenters. The molecule has 31 heavy (non-hydrogen) atoms. The van der Waals surface area contributed by atoms with Gasteiger partial charge in [0.2, 0.25) is 17.7 Å². The van der Waals surface area contributed by atoms with Crippen molar-refractivity contribution in [3.63, 3.8) is 0 Å². The predicted octanol–water partition coefficient (Wildman–Crippen LogP) is 0.662. The van der Waals surface area contributed by atoms with Crippen LogP contribution in [0.3, 0.4) is 0 Å². The zero-order valence-electron chi connectivity index (χ0n) is 16.7. The molecular weight excluding hydrogens is 400 g/mol. The molecule has 0 spiro atoms. The van der Waals surface area contributed by atoms with Crippen LogP contribution in [0.15, 0.2) is 36.7 Å². The van der Waals surface area contributed by atoms with E-state index in [1.165, 1.54) is 18.1 Å². The molecule has 1 aromatic carbocycles. The number of nitrogens with zero attached hydrogens (tertiary/aromatic N) is 5. The maximum Gasteiger partial charge on any atom is 0.244 e. The van der Waals surface area contributed by atoms with Crippen LogP contribution in [0, 0.1) is 35.5 Å². The van der Waals surface area contributed by atoms with Gasteiger partial charge in [0.1, 0.15) is 24.3 Å². The average molecular weight is 420 g/mol. The molecule has 0 radical (unpaired) electrons. The number of imide groups is 1. The van der Waals surface area contributed by atoms with Gasteiger partial charge in [0.05, 0.1) is 18.9 Å². The summed E-state index contributed by atoms with van der Waals surface area (Å²) in [6, 6.07) is 5.02. The normalized spacial score (nSPS) is 32.1. The number of hydrogen-bond acceptors (Lipinski definition) is 7. The van der Waals surface area contributed by atoms with E-state index in [0.29, 0.717) is 29.0 Å². The van der Waals surface area contributed by atoms with Crippen molar-refractivity contribution in [1.29, 1.82) is 0 Å². The van der Waals surface area contributed by atoms with Crippen molar-refractivity contribution in [3.8, 4) is 11.4 Å². The van der Waals surface area contributed by atoms with Gasteiger partial charge in [-0.25, -0.2) is 0 Å². The van der Waals surface area contributed by atoms with E-state index < -0.39 is 5.91 Å². The van der Waals surface area contributed by atoms with Crippen molar-refractivity contribution in [1.82, 2.24) is 25.1 Å². The molecule has 5 aliphatic rings. The van der Waals surface area contributed by atoms with Crippen molar-refractivity contribution in [2.45, 2.75) is 6.42 Å². The van der Waals surface area contributed by atoms with Gasteiger partial charge < -0.3 is 10.1 Å². The van der Waals surface area contributed by atoms with E-state index >= 15 is 0 Å². The lowest BCUT2D eigenvalue weighted by molar-refractivity contribution is -0.142. The van der Waals surface area contributed by atoms with Crippen LogP contribution < -0.4 is 10.1 Å². The molecular formula is C21H20N6O4. The molecule has 2 bridgehead atoms. The monoisotopic (exact) mass is 420 g/mol. The summed E-state index contributed by atoms with van der Waals surface area (Å²) in [4.78, 5) is 39.9. The van der Waals surface area contributed by atoms with Gasteiger partial charge in [0, 0.05) is 5.69 Å². The summed E-state index contributed by atoms with van der Waals surface area (Å²) < 4.78 is 6.74. The molecule has 1 aliphatic heterocycles. The first-order valence-electron chi connectivity index (χ1n) is 10.3. The van der Waals surface area contributed by atoms with E-state index in [-0.39, 0.29) is 42.0 Å². The maximum absolute atomic E-state index is 13.0. The molecule has 3 amide bonds. The summed E-state index contributed by atoms with van der Waals surface area (Å²) in [5, 5.41) is 13.8. The molecule has 1 N–H and O–H groups in total. The van der Waals surface area contributed by atoms with Gasteiger partial charge >= 0.3 is 0 Å². The number of carbonyl (C=O) groups excluding carboxylic acids is 3. The SMILES string of the molecule is COc1ccc(NC(=O)CN2C(=O)[C@@H]3[C@H]4C=C[C@@H]([C@@H]5C[C@H]45)[C@@H]3C2=O)cc1-n1cnnn1. The summed E-state index contributed by atoms with van der Waals surface area (Å²) in [5.41, 5.74) is 1.03. The number of rotatable bonds is 5. The number of hydrogen-bond donors (Lipinski definition) is 1. The minimum Gasteiger partial charge on any atom is -0.494 e. The fourth-order valence-electron chi connectivity index (χ4n) is 5.74. The number of aromatic nitrogens is 4. The Morgan fingerprint density at radius 3 is 2.48 bits per heavy atom. The highest BCUT2D eigenvalue weighted by atomic mass is 16.5. The first kappa shape index (κ1) is 18.2. The number of carbonyl (C=O) groups is 3. The summed E-state index contributed by atoms with van der Waals surface area (Å²) >= 11 is 0. The van der Waals surface area contributed by atoms with Crippen LogP contribution in [-0.4, -0.2) is 56.5 Å². The van der Waals surface area contributed by atoms with Crippen LogP contribution in [0.4, 0.5) is 5.69 Å². The van der Waals surface area contributed by atoms with Crippen molar-refractivity contribution >= 4 is 23.4 Å². The third kappa shape index (κ3) is 2.63. The van der Waals surface area contributed by atoms with Gasteiger partial charge in [-0.15, -0.1) is 5.10 Å². The van der Waals surface area contributed by atoms with Crippen LogP contribution in [-0.2, 0) is 14.4 Å². The molecule has 1 aromatic heterocycles. The fourth-order valence-corrected chi connectivity index (χ4v) is 5.74. The number of benzene rings is 1. The van der Waals surface area contributed by atoms with Crippen LogP contribution in [0.25, 0.3) is 5.69 Å². The molecule has 2 saturated carbocycles. The molecule has 4 aliphatic carbocycles. The molecule has 158 valence electrons. The molecule has 2 aromatic rings. The number of likely N-dealkylation sites (tertiary alicyclic amines) is 1. The molecule has 1 saturated heterocycles. The van der Waals surface area contributed by atoms with E-state index in [9.17, 15) is 14.4 Å². The largest absolute Gasteiger partial charge is 0.494 e. The van der Waals surface area contributed by atoms with Gasteiger partial charge in [-0.2, -0.15) is 4.68 Å². The Bertz CT molecular complexity index is 1090. The van der Waals surface area contributed by atoms with Gasteiger partial charge in [-0.1, -0.05) is 12.2 Å². The summed E-state index contributed by atoms with van der Waals surface area (Å²) in [7, 11) is 1.53. The highest BCUT2D eigenvalue weighted by Gasteiger charge is 2.67. The number of methoxy groups -OCH3 is 1. The molecule has 10 heteroatoms. The summed E-state index contributed by atoms with van der Waals surface area (Å²) in [6.45, 7) is -0.286. The van der Waals surface area contributed by atoms with E-state index in [4.69, 9.17) is 4.74 Å². The van der Waals surface area contributed by atoms with Gasteiger partial charge in [0.15, 0.2) is 0 Å². The average Bonchev–Trinajstić information content (AvgIpc) is 3.36. The van der Waals surface area contributed by atoms with E-state index in [2.05, 4.69) is 33.0 Å². The number of nitrogens with one attached hydrogen (secondary N) is 1. The Balaban J connectivity index is 1.19. The Kier molecular flexibility index (Phi) is 3.80. The second kappa shape index (κ2) is 6.47. The Morgan fingerprint density at radius 2 is 1.87 bits per heavy atom. The molecule has 10 nitrogen and oxygen atoms in total. The topological polar surface area (TPSA) is 119 Å². The minimum atomic E-state index is -0.432. The van der Waals surface area contributed by atoms with E-state index in [1.54, 1.807) is 18.2 Å². The first-order valence-corrected chi connectivity index (χ1v) is 10.3. The Morgan fingerprint density at radius 1 is 1.16 bits per heavy atom. The maximum atomic E-state index is 13.0. The number of tetrazole rings is 1. The van der Waals surface area contributed by atoms with Crippen LogP contribution in [0.1, 0.15) is 6.42 Å². The zero-order valence-corrected chi connectivity index (χ0v) is 16.7. The lowest BCUT2D eigenvalue weighted by Crippen LogP contribution is -2.40. The first-order chi connectivity index (χ1) is 15.1. The quantitative estimate of drug-likeness (QED) is 0.557. The van der Waals surface area contributed by atoms with Crippen molar-refractivity contribution in [2.75, 3.05) is 19.0 Å². The third-order valence-electron chi connectivity index (χ3n) is 7.11. The highest BCUT2D eigenvalue weighted by Crippen LogP contribution is 2.65. The third-order valence-corrected chi connectivity index (χ3v) is 7.11. The molecule has 6 atom stereocenters. The van der Waals surface area contributed by atoms with Crippen molar-refractivity contribution in [2.24, 2.45) is 35.5 Å². The number of ether oxygens (including phenoxy) is 1. The Labute approximate surface area is 177 Å². The van der Waals surface area contributed by atoms with Crippen molar-refractivity contribution < 1.29 is 19.1 Å². The smallest absolute Gasteiger partial charge is 0.244 e. The van der Waals surface area contributed by atoms with Crippen LogP contribution in [0.5, 0.6) is 5.75 Å². The van der Waals surface area contributed by atoms with Crippen molar-refractivity contribution in [3.05, 3.63) is 36.7 Å². The second-order valence-electron chi connectivity index (χ2n) is 8.61. The summed E-state index contributed by atoms with van der Waals surface area (Å²) in [5.74, 6) is 0.432. The van der Waals surface area contributed by atoms with E-state index in [1.807, 2.05) is 0 Å². The number of allylic oxidation sites excluding steroid dienone is 2. The number of amides is 3. The standard InChI is InChI=1S/C21H20N6O4/c1-31-16-5-2-10(6-15(16)27-9-22-24-25-27)23-17(28)8-26-20(29)18-11-3-4-12(14-7-13(11)14)19(18)21(26)30/h2-6,9,11-14,18-19H,7-8H2,1H3,(H,23,28)/t11-,12-,13-,14+,18-,19+/m0/s1. The van der Waals surface area contributed by atoms with Gasteiger partial charge in [-0.3, -0.25) is 19.3 Å². The lowest BCUT2D eigenvalue weighted by atomic mass is 9.63. The minimum absolute atomic E-state index is 0.143. The second-order valence-corrected chi connectivity index (χ2v) is 8.61. The Hall–Kier alpha value is -3.56. The molecule has 2 heterocycles. The van der Waals surface area contributed by atoms with Gasteiger partial charge in [-0.05, 0) is 58.7 Å². The summed E-state index contributed by atoms with van der Waals surface area (Å²) in [6.07, 6.45) is 6.76.